The summed E-state index contributed by atoms with van der Waals surface area (Å²) >= 11 is 0. The molecular formula is C23H28N6O3. The molecule has 0 bridgehead atoms. The fourth-order valence-corrected chi connectivity index (χ4v) is 5.15. The fourth-order valence-electron chi connectivity index (χ4n) is 5.15. The van der Waals surface area contributed by atoms with Crippen molar-refractivity contribution in [1.82, 2.24) is 29.7 Å². The number of nitrogens with zero attached hydrogens (tertiary/aromatic N) is 5. The van der Waals surface area contributed by atoms with Gasteiger partial charge in [-0.05, 0) is 25.3 Å². The summed E-state index contributed by atoms with van der Waals surface area (Å²) in [7, 11) is 1.64. The normalized spacial score (nSPS) is 21.8. The number of likely N-dealkylation sites (tertiary alicyclic amines) is 1. The van der Waals surface area contributed by atoms with E-state index in [1.807, 2.05) is 6.07 Å². The summed E-state index contributed by atoms with van der Waals surface area (Å²) in [5.41, 5.74) is 0.580. The van der Waals surface area contributed by atoms with Crippen LogP contribution in [-0.2, 0) is 11.2 Å². The molecule has 3 aromatic heterocycles. The Kier molecular flexibility index (Phi) is 5.40. The number of carbonyl (C=O) groups is 2. The van der Waals surface area contributed by atoms with Gasteiger partial charge in [-0.1, -0.05) is 24.4 Å². The lowest BCUT2D eigenvalue weighted by Crippen LogP contribution is -2.44. The van der Waals surface area contributed by atoms with Gasteiger partial charge in [0.1, 0.15) is 11.5 Å². The van der Waals surface area contributed by atoms with Gasteiger partial charge in [0.2, 0.25) is 11.7 Å². The van der Waals surface area contributed by atoms with E-state index in [9.17, 15) is 9.59 Å². The average Bonchev–Trinajstić information content (AvgIpc) is 3.57. The van der Waals surface area contributed by atoms with Crippen LogP contribution in [0.15, 0.2) is 35.2 Å². The van der Waals surface area contributed by atoms with E-state index < -0.39 is 5.41 Å². The van der Waals surface area contributed by atoms with Crippen molar-refractivity contribution in [2.75, 3.05) is 20.1 Å². The topological polar surface area (TPSA) is 106 Å². The van der Waals surface area contributed by atoms with E-state index in [0.29, 0.717) is 49.1 Å². The maximum absolute atomic E-state index is 13.1. The minimum Gasteiger partial charge on any atom is -0.361 e. The van der Waals surface area contributed by atoms with Crippen LogP contribution in [0.3, 0.4) is 0 Å². The van der Waals surface area contributed by atoms with Gasteiger partial charge in [-0.2, -0.15) is 0 Å². The highest BCUT2D eigenvalue weighted by Crippen LogP contribution is 2.37. The summed E-state index contributed by atoms with van der Waals surface area (Å²) < 4.78 is 7.38. The molecule has 32 heavy (non-hydrogen) atoms. The highest BCUT2D eigenvalue weighted by molar-refractivity contribution is 5.94. The van der Waals surface area contributed by atoms with Crippen molar-refractivity contribution in [2.24, 2.45) is 5.41 Å². The van der Waals surface area contributed by atoms with Crippen LogP contribution in [0.1, 0.15) is 66.4 Å². The molecule has 0 radical (unpaired) electrons. The maximum Gasteiger partial charge on any atom is 0.274 e. The third-order valence-corrected chi connectivity index (χ3v) is 6.92. The molecule has 0 unspecified atom stereocenters. The third kappa shape index (κ3) is 3.76. The van der Waals surface area contributed by atoms with Crippen molar-refractivity contribution in [2.45, 2.75) is 50.9 Å². The molecule has 1 atom stereocenters. The summed E-state index contributed by atoms with van der Waals surface area (Å²) in [5, 5.41) is 7.11. The van der Waals surface area contributed by atoms with E-state index in [1.165, 1.54) is 19.3 Å². The molecule has 1 N–H and O–H groups in total. The number of imidazole rings is 1. The van der Waals surface area contributed by atoms with Gasteiger partial charge in [-0.3, -0.25) is 14.0 Å². The van der Waals surface area contributed by atoms with Crippen LogP contribution in [0, 0.1) is 5.41 Å². The molecule has 1 aliphatic carbocycles. The van der Waals surface area contributed by atoms with Crippen LogP contribution >= 0.6 is 0 Å². The Morgan fingerprint density at radius 2 is 2.12 bits per heavy atom. The second-order valence-corrected chi connectivity index (χ2v) is 9.02. The number of carbonyl (C=O) groups excluding carboxylic acids is 2. The first-order chi connectivity index (χ1) is 15.6. The summed E-state index contributed by atoms with van der Waals surface area (Å²) in [5.74, 6) is 1.36. The highest BCUT2D eigenvalue weighted by atomic mass is 16.5. The van der Waals surface area contributed by atoms with Crippen LogP contribution in [0.5, 0.6) is 0 Å². The molecule has 5 rings (SSSR count). The van der Waals surface area contributed by atoms with E-state index in [-0.39, 0.29) is 11.8 Å². The minimum absolute atomic E-state index is 0.0833. The molecule has 2 amide bonds. The standard InChI is InChI=1S/C23H28N6O3/c1-24-21(31)23(13-17-12-18(27-32-17)16-6-3-2-4-7-16)8-11-29(15-23)20(30)19-14-28-10-5-9-25-22(28)26-19/h5,9-10,12,14,16H,2-4,6-8,11,13,15H2,1H3,(H,24,31)/t23-/m1/s1. The third-order valence-electron chi connectivity index (χ3n) is 6.92. The van der Waals surface area contributed by atoms with Gasteiger partial charge >= 0.3 is 0 Å². The van der Waals surface area contributed by atoms with Gasteiger partial charge in [0.15, 0.2) is 0 Å². The van der Waals surface area contributed by atoms with Crippen molar-refractivity contribution >= 4 is 17.6 Å². The summed E-state index contributed by atoms with van der Waals surface area (Å²) in [4.78, 5) is 36.3. The van der Waals surface area contributed by atoms with Crippen molar-refractivity contribution in [3.63, 3.8) is 0 Å². The molecule has 4 heterocycles. The Morgan fingerprint density at radius 1 is 1.28 bits per heavy atom. The van der Waals surface area contributed by atoms with Gasteiger partial charge in [-0.15, -0.1) is 0 Å². The van der Waals surface area contributed by atoms with E-state index >= 15 is 0 Å². The Labute approximate surface area is 186 Å². The van der Waals surface area contributed by atoms with Crippen LogP contribution in [0.2, 0.25) is 0 Å². The predicted octanol–water partition coefficient (Wildman–Crippen LogP) is 2.59. The molecule has 2 fully saturated rings. The average molecular weight is 437 g/mol. The SMILES string of the molecule is CNC(=O)[C@@]1(Cc2cc(C3CCCCC3)no2)CCN(C(=O)c2cn3cccnc3n2)C1. The van der Waals surface area contributed by atoms with Gasteiger partial charge < -0.3 is 14.7 Å². The molecule has 1 saturated heterocycles. The number of hydrogen-bond donors (Lipinski definition) is 1. The smallest absolute Gasteiger partial charge is 0.274 e. The number of rotatable bonds is 5. The molecule has 2 aliphatic rings. The monoisotopic (exact) mass is 436 g/mol. The largest absolute Gasteiger partial charge is 0.361 e. The zero-order chi connectivity index (χ0) is 22.1. The fraction of sp³-hybridized carbons (Fsp3) is 0.522. The van der Waals surface area contributed by atoms with Crippen molar-refractivity contribution in [1.29, 1.82) is 0 Å². The summed E-state index contributed by atoms with van der Waals surface area (Å²) in [6.07, 6.45) is 12.1. The molecule has 0 spiro atoms. The number of nitrogens with one attached hydrogen (secondary N) is 1. The van der Waals surface area contributed by atoms with Crippen LogP contribution in [0.25, 0.3) is 5.78 Å². The van der Waals surface area contributed by atoms with E-state index in [0.717, 1.165) is 18.5 Å². The lowest BCUT2D eigenvalue weighted by Gasteiger charge is -2.26. The van der Waals surface area contributed by atoms with Gasteiger partial charge in [0.05, 0.1) is 11.1 Å². The van der Waals surface area contributed by atoms with Gasteiger partial charge in [0, 0.05) is 57.1 Å². The molecule has 9 nitrogen and oxygen atoms in total. The quantitative estimate of drug-likeness (QED) is 0.659. The second-order valence-electron chi connectivity index (χ2n) is 9.02. The number of fused-ring (bicyclic) bond motifs is 1. The molecular weight excluding hydrogens is 408 g/mol. The first kappa shape index (κ1) is 20.7. The Morgan fingerprint density at radius 3 is 2.91 bits per heavy atom. The first-order valence-electron chi connectivity index (χ1n) is 11.3. The number of amides is 2. The zero-order valence-electron chi connectivity index (χ0n) is 18.3. The van der Waals surface area contributed by atoms with Crippen LogP contribution in [0.4, 0.5) is 0 Å². The molecule has 3 aromatic rings. The van der Waals surface area contributed by atoms with E-state index in [2.05, 4.69) is 20.4 Å². The molecule has 9 heteroatoms. The van der Waals surface area contributed by atoms with Gasteiger partial charge in [0.25, 0.3) is 5.91 Å². The van der Waals surface area contributed by atoms with Crippen molar-refractivity contribution in [3.05, 3.63) is 47.9 Å². The van der Waals surface area contributed by atoms with Crippen molar-refractivity contribution < 1.29 is 14.1 Å². The lowest BCUT2D eigenvalue weighted by molar-refractivity contribution is -0.130. The maximum atomic E-state index is 13.1. The Bertz CT molecular complexity index is 1100. The minimum atomic E-state index is -0.745. The zero-order valence-corrected chi connectivity index (χ0v) is 18.3. The van der Waals surface area contributed by atoms with Gasteiger partial charge in [-0.25, -0.2) is 9.97 Å². The van der Waals surface area contributed by atoms with Crippen molar-refractivity contribution in [3.8, 4) is 0 Å². The van der Waals surface area contributed by atoms with Crippen LogP contribution in [-0.4, -0.2) is 56.4 Å². The Balaban J connectivity index is 1.34. The molecule has 0 aromatic carbocycles. The van der Waals surface area contributed by atoms with E-state index in [4.69, 9.17) is 4.52 Å². The summed E-state index contributed by atoms with van der Waals surface area (Å²) in [6, 6.07) is 3.80. The number of hydrogen-bond acceptors (Lipinski definition) is 6. The van der Waals surface area contributed by atoms with Crippen LogP contribution < -0.4 is 5.32 Å². The Hall–Kier alpha value is -3.23. The van der Waals surface area contributed by atoms with E-state index in [1.54, 1.807) is 41.0 Å². The second kappa shape index (κ2) is 8.37. The first-order valence-corrected chi connectivity index (χ1v) is 11.3. The molecule has 1 aliphatic heterocycles. The lowest BCUT2D eigenvalue weighted by atomic mass is 9.81. The molecule has 1 saturated carbocycles. The predicted molar refractivity (Wildman–Crippen MR) is 116 cm³/mol. The summed E-state index contributed by atoms with van der Waals surface area (Å²) in [6.45, 7) is 0.795. The molecule has 168 valence electrons. The number of aromatic nitrogens is 4. The highest BCUT2D eigenvalue weighted by Gasteiger charge is 2.47.